The first-order chi connectivity index (χ1) is 20.7. The van der Waals surface area contributed by atoms with Crippen molar-refractivity contribution in [2.75, 3.05) is 27.2 Å². The molecule has 2 aromatic carbocycles. The summed E-state index contributed by atoms with van der Waals surface area (Å²) in [5.41, 5.74) is 6.11. The van der Waals surface area contributed by atoms with Gasteiger partial charge in [0.2, 0.25) is 0 Å². The van der Waals surface area contributed by atoms with Crippen LogP contribution in [0.15, 0.2) is 42.5 Å². The highest BCUT2D eigenvalue weighted by atomic mass is 19.1. The molecule has 0 spiro atoms. The third-order valence-electron chi connectivity index (χ3n) is 7.00. The van der Waals surface area contributed by atoms with E-state index in [0.717, 1.165) is 11.6 Å². The second-order valence-electron chi connectivity index (χ2n) is 11.7. The van der Waals surface area contributed by atoms with Gasteiger partial charge in [-0.15, -0.1) is 0 Å². The number of rotatable bonds is 11. The summed E-state index contributed by atoms with van der Waals surface area (Å²) in [5, 5.41) is 13.4. The fraction of sp³-hybridized carbons (Fsp3) is 0.394. The smallest absolute Gasteiger partial charge is 0.336 e. The number of aromatic nitrogens is 1. The lowest BCUT2D eigenvalue weighted by Gasteiger charge is -2.28. The molecule has 1 heterocycles. The molecule has 3 aromatic rings. The van der Waals surface area contributed by atoms with Crippen molar-refractivity contribution in [3.63, 3.8) is 0 Å². The molecule has 0 bridgehead atoms. The number of nitrogens with one attached hydrogen (secondary N) is 2. The molecule has 0 saturated carbocycles. The summed E-state index contributed by atoms with van der Waals surface area (Å²) >= 11 is 0. The van der Waals surface area contributed by atoms with E-state index in [1.807, 2.05) is 38.9 Å². The maximum Gasteiger partial charge on any atom is 0.336 e. The van der Waals surface area contributed by atoms with Crippen LogP contribution in [0.1, 0.15) is 64.7 Å². The molecular formula is C33H41F2N5O4. The number of benzene rings is 2. The number of urea groups is 1. The van der Waals surface area contributed by atoms with Crippen LogP contribution in [0.25, 0.3) is 11.1 Å². The zero-order valence-electron chi connectivity index (χ0n) is 26.3. The Morgan fingerprint density at radius 1 is 0.977 bits per heavy atom. The van der Waals surface area contributed by atoms with Crippen LogP contribution >= 0.6 is 0 Å². The summed E-state index contributed by atoms with van der Waals surface area (Å²) in [6.45, 7) is 9.54. The van der Waals surface area contributed by atoms with Gasteiger partial charge in [0.05, 0.1) is 12.5 Å². The second-order valence-corrected chi connectivity index (χ2v) is 11.7. The first-order valence-electron chi connectivity index (χ1n) is 14.4. The lowest BCUT2D eigenvalue weighted by molar-refractivity contribution is -0.137. The highest BCUT2D eigenvalue weighted by molar-refractivity contribution is 5.93. The summed E-state index contributed by atoms with van der Waals surface area (Å²) in [7, 11) is 3.87. The lowest BCUT2D eigenvalue weighted by atomic mass is 9.90. The number of hydrogen-bond donors (Lipinski definition) is 3. The number of carbonyl (C=O) groups excluding carboxylic acids is 2. The Morgan fingerprint density at radius 3 is 2.23 bits per heavy atom. The van der Waals surface area contributed by atoms with Gasteiger partial charge in [-0.2, -0.15) is 0 Å². The molecule has 11 heteroatoms. The molecule has 0 aliphatic rings. The number of amides is 3. The minimum absolute atomic E-state index is 0.0371. The maximum absolute atomic E-state index is 15.6. The van der Waals surface area contributed by atoms with Gasteiger partial charge >= 0.3 is 12.0 Å². The van der Waals surface area contributed by atoms with E-state index in [2.05, 4.69) is 15.7 Å². The highest BCUT2D eigenvalue weighted by Crippen LogP contribution is 2.33. The molecule has 236 valence electrons. The van der Waals surface area contributed by atoms with Crippen molar-refractivity contribution in [1.29, 1.82) is 0 Å². The van der Waals surface area contributed by atoms with Gasteiger partial charge in [-0.05, 0) is 105 Å². The van der Waals surface area contributed by atoms with Crippen molar-refractivity contribution < 1.29 is 28.3 Å². The Balaban J connectivity index is 1.94. The van der Waals surface area contributed by atoms with E-state index in [1.54, 1.807) is 32.9 Å². The third-order valence-corrected chi connectivity index (χ3v) is 7.00. The molecule has 3 N–H and O–H groups in total. The van der Waals surface area contributed by atoms with Gasteiger partial charge in [0.1, 0.15) is 17.3 Å². The topological polar surface area (TPSA) is 115 Å². The Hall–Kier alpha value is -4.38. The molecule has 44 heavy (non-hydrogen) atoms. The molecule has 9 nitrogen and oxygen atoms in total. The van der Waals surface area contributed by atoms with Crippen molar-refractivity contribution in [3.05, 3.63) is 87.7 Å². The van der Waals surface area contributed by atoms with Gasteiger partial charge in [0.25, 0.3) is 5.91 Å². The number of likely N-dealkylation sites (N-methyl/N-ethyl adjacent to an activating group) is 1. The molecule has 0 aliphatic heterocycles. The number of carbonyl (C=O) groups is 3. The Labute approximate surface area is 257 Å². The molecule has 3 amide bonds. The average Bonchev–Trinajstić information content (AvgIpc) is 2.92. The van der Waals surface area contributed by atoms with E-state index in [1.165, 1.54) is 24.3 Å². The van der Waals surface area contributed by atoms with Crippen molar-refractivity contribution in [2.24, 2.45) is 5.92 Å². The average molecular weight is 610 g/mol. The van der Waals surface area contributed by atoms with E-state index in [-0.39, 0.29) is 29.3 Å². The molecule has 0 saturated heterocycles. The van der Waals surface area contributed by atoms with E-state index in [9.17, 15) is 23.9 Å². The second kappa shape index (κ2) is 14.9. The normalized spacial score (nSPS) is 11.9. The SMILES string of the molecule is Cc1cc(-c2c(C)cc(F)cc2C)cc([C@H](CC(=O)O)NC(=O)N(CC(C)C)NC(=O)c2cccc(CCN(C)C)n2)c1F. The van der Waals surface area contributed by atoms with Crippen molar-refractivity contribution in [2.45, 2.75) is 53.5 Å². The van der Waals surface area contributed by atoms with Gasteiger partial charge in [-0.3, -0.25) is 15.0 Å². The molecule has 1 atom stereocenters. The fourth-order valence-corrected chi connectivity index (χ4v) is 5.01. The van der Waals surface area contributed by atoms with Crippen LogP contribution in [-0.4, -0.2) is 65.1 Å². The predicted octanol–water partition coefficient (Wildman–Crippen LogP) is 5.58. The van der Waals surface area contributed by atoms with Gasteiger partial charge in [0, 0.05) is 30.8 Å². The first kappa shape index (κ1) is 34.1. The number of carboxylic acid groups (broad SMARTS) is 1. The van der Waals surface area contributed by atoms with Gasteiger partial charge in [-0.1, -0.05) is 19.9 Å². The Bertz CT molecular complexity index is 1500. The highest BCUT2D eigenvalue weighted by Gasteiger charge is 2.27. The standard InChI is InChI=1S/C33H41F2N5O4/c1-19(2)18-40(38-32(43)27-10-8-9-25(36-27)11-12-39(6)7)33(44)37-28(17-29(41)42)26-16-23(13-22(5)31(26)35)30-20(3)14-24(34)15-21(30)4/h8-10,13-16,19,28H,11-12,17-18H2,1-7H3,(H,37,44)(H,38,43)(H,41,42)/t28-/m0/s1. The predicted molar refractivity (Wildman–Crippen MR) is 165 cm³/mol. The van der Waals surface area contributed by atoms with E-state index >= 15 is 4.39 Å². The molecule has 1 aromatic heterocycles. The number of hydrogen-bond acceptors (Lipinski definition) is 5. The minimum Gasteiger partial charge on any atom is -0.481 e. The summed E-state index contributed by atoms with van der Waals surface area (Å²) in [4.78, 5) is 45.0. The van der Waals surface area contributed by atoms with Gasteiger partial charge in [0.15, 0.2) is 0 Å². The number of aliphatic carboxylic acids is 1. The van der Waals surface area contributed by atoms with Crippen LogP contribution < -0.4 is 10.7 Å². The Kier molecular flexibility index (Phi) is 11.5. The zero-order chi connectivity index (χ0) is 32.7. The van der Waals surface area contributed by atoms with E-state index in [0.29, 0.717) is 34.4 Å². The number of hydrazine groups is 1. The fourth-order valence-electron chi connectivity index (χ4n) is 5.01. The number of aryl methyl sites for hydroxylation is 3. The number of halogens is 2. The van der Waals surface area contributed by atoms with Crippen LogP contribution in [0.2, 0.25) is 0 Å². The number of nitrogens with zero attached hydrogens (tertiary/aromatic N) is 3. The van der Waals surface area contributed by atoms with Crippen molar-refractivity contribution in [1.82, 2.24) is 25.6 Å². The first-order valence-corrected chi connectivity index (χ1v) is 14.4. The van der Waals surface area contributed by atoms with Crippen molar-refractivity contribution >= 4 is 17.9 Å². The van der Waals surface area contributed by atoms with Gasteiger partial charge in [-0.25, -0.2) is 23.6 Å². The van der Waals surface area contributed by atoms with E-state index in [4.69, 9.17) is 0 Å². The molecule has 0 unspecified atom stereocenters. The third kappa shape index (κ3) is 9.06. The largest absolute Gasteiger partial charge is 0.481 e. The molecular weight excluding hydrogens is 568 g/mol. The van der Waals surface area contributed by atoms with Crippen LogP contribution in [0.5, 0.6) is 0 Å². The van der Waals surface area contributed by atoms with Crippen molar-refractivity contribution in [3.8, 4) is 11.1 Å². The quantitative estimate of drug-likeness (QED) is 0.245. The maximum atomic E-state index is 15.6. The zero-order valence-corrected chi connectivity index (χ0v) is 26.3. The summed E-state index contributed by atoms with van der Waals surface area (Å²) in [6.07, 6.45) is 0.00801. The van der Waals surface area contributed by atoms with E-state index < -0.39 is 42.0 Å². The number of carboxylic acids is 1. The molecule has 0 aliphatic carbocycles. The molecule has 3 rings (SSSR count). The summed E-state index contributed by atoms with van der Waals surface area (Å²) < 4.78 is 29.6. The monoisotopic (exact) mass is 609 g/mol. The molecule has 0 radical (unpaired) electrons. The van der Waals surface area contributed by atoms with Gasteiger partial charge < -0.3 is 15.3 Å². The van der Waals surface area contributed by atoms with Crippen LogP contribution in [0.4, 0.5) is 13.6 Å². The summed E-state index contributed by atoms with van der Waals surface area (Å²) in [6, 6.07) is 8.82. The molecule has 0 fully saturated rings. The van der Waals surface area contributed by atoms with Crippen LogP contribution in [0.3, 0.4) is 0 Å². The number of pyridine rings is 1. The summed E-state index contributed by atoms with van der Waals surface area (Å²) in [5.74, 6) is -3.03. The minimum atomic E-state index is -1.28. The Morgan fingerprint density at radius 2 is 1.64 bits per heavy atom. The lowest BCUT2D eigenvalue weighted by Crippen LogP contribution is -2.53. The van der Waals surface area contributed by atoms with Crippen LogP contribution in [-0.2, 0) is 11.2 Å². The van der Waals surface area contributed by atoms with Crippen LogP contribution in [0, 0.1) is 38.3 Å².